The Morgan fingerprint density at radius 1 is 1.15 bits per heavy atom. The van der Waals surface area contributed by atoms with Gasteiger partial charge in [-0.05, 0) is 93.6 Å². The lowest BCUT2D eigenvalue weighted by molar-refractivity contribution is -0.132. The van der Waals surface area contributed by atoms with Crippen molar-refractivity contribution >= 4 is 24.7 Å². The first kappa shape index (κ1) is 57.3. The van der Waals surface area contributed by atoms with E-state index in [9.17, 15) is 9.59 Å². The molecule has 2 unspecified atom stereocenters. The number of carbonyl (C=O) groups excluding carboxylic acids is 3. The summed E-state index contributed by atoms with van der Waals surface area (Å²) < 4.78 is 5.37. The van der Waals surface area contributed by atoms with Gasteiger partial charge < -0.3 is 52.2 Å². The number of nitrogens with zero attached hydrogens (tertiary/aromatic N) is 3. The molecule has 1 aromatic rings. The van der Waals surface area contributed by atoms with E-state index in [4.69, 9.17) is 31.8 Å². The van der Waals surface area contributed by atoms with Gasteiger partial charge in [-0.1, -0.05) is 51.5 Å². The number of benzene rings is 1. The normalized spacial score (nSPS) is 13.7. The average Bonchev–Trinajstić information content (AvgIpc) is 3.45. The Balaban J connectivity index is -0.000000118. The third kappa shape index (κ3) is 49.9. The van der Waals surface area contributed by atoms with Crippen molar-refractivity contribution in [2.75, 3.05) is 40.8 Å². The van der Waals surface area contributed by atoms with Gasteiger partial charge in [-0.15, -0.1) is 0 Å². The average molecular weight is 686 g/mol. The zero-order chi connectivity index (χ0) is 38.9. The molecule has 1 heterocycles. The van der Waals surface area contributed by atoms with Crippen LogP contribution in [0.25, 0.3) is 0 Å². The molecular formula is C36H75N7O5. The number of likely N-dealkylation sites (N-methyl/N-ethyl adjacent to an activating group) is 1. The van der Waals surface area contributed by atoms with Crippen LogP contribution in [0.3, 0.4) is 0 Å². The molecule has 12 nitrogen and oxygen atoms in total. The van der Waals surface area contributed by atoms with Crippen LogP contribution in [0.15, 0.2) is 47.6 Å². The van der Waals surface area contributed by atoms with Gasteiger partial charge in [-0.25, -0.2) is 0 Å². The Labute approximate surface area is 294 Å². The van der Waals surface area contributed by atoms with E-state index in [0.717, 1.165) is 30.3 Å². The number of aliphatic imine (C=N–C) groups is 1. The molecule has 1 aromatic carbocycles. The number of rotatable bonds is 10. The van der Waals surface area contributed by atoms with E-state index in [1.165, 1.54) is 31.3 Å². The molecule has 48 heavy (non-hydrogen) atoms. The van der Waals surface area contributed by atoms with Crippen molar-refractivity contribution in [2.45, 2.75) is 119 Å². The zero-order valence-electron chi connectivity index (χ0n) is 32.5. The smallest absolute Gasteiger partial charge is 0.226 e. The van der Waals surface area contributed by atoms with Gasteiger partial charge in [0, 0.05) is 37.2 Å². The maximum absolute atomic E-state index is 11.4. The van der Waals surface area contributed by atoms with Crippen molar-refractivity contribution in [3.63, 3.8) is 0 Å². The highest BCUT2D eigenvalue weighted by Gasteiger charge is 2.14. The van der Waals surface area contributed by atoms with Crippen LogP contribution in [0.4, 0.5) is 0 Å². The van der Waals surface area contributed by atoms with Gasteiger partial charge in [-0.2, -0.15) is 0 Å². The minimum Gasteiger partial charge on any atom is -0.493 e. The molecule has 9 N–H and O–H groups in total. The van der Waals surface area contributed by atoms with E-state index >= 15 is 0 Å². The third-order valence-electron chi connectivity index (χ3n) is 5.71. The first-order valence-corrected chi connectivity index (χ1v) is 16.7. The van der Waals surface area contributed by atoms with E-state index < -0.39 is 0 Å². The topological polar surface area (TPSA) is 204 Å². The van der Waals surface area contributed by atoms with Crippen LogP contribution in [0.5, 0.6) is 5.75 Å². The number of nitrogens with two attached hydrogens (primary N) is 4. The maximum atomic E-state index is 11.4. The van der Waals surface area contributed by atoms with E-state index in [0.29, 0.717) is 12.9 Å². The summed E-state index contributed by atoms with van der Waals surface area (Å²) in [5.74, 6) is 0.649. The number of ether oxygens (including phenoxy) is 1. The minimum atomic E-state index is -0.352. The molecule has 0 radical (unpaired) electrons. The minimum absolute atomic E-state index is 0.0278. The van der Waals surface area contributed by atoms with Crippen molar-refractivity contribution in [1.29, 1.82) is 0 Å². The summed E-state index contributed by atoms with van der Waals surface area (Å²) in [6, 6.07) is 10.1. The first-order valence-electron chi connectivity index (χ1n) is 16.7. The van der Waals surface area contributed by atoms with Gasteiger partial charge in [-0.3, -0.25) is 9.79 Å². The zero-order valence-corrected chi connectivity index (χ0v) is 32.5. The Kier molecular flexibility index (Phi) is 55.0. The summed E-state index contributed by atoms with van der Waals surface area (Å²) in [7, 11) is 5.29. The van der Waals surface area contributed by atoms with Gasteiger partial charge in [0.1, 0.15) is 18.8 Å². The molecule has 0 spiro atoms. The highest BCUT2D eigenvalue weighted by atomic mass is 16.5. The highest BCUT2D eigenvalue weighted by molar-refractivity contribution is 5.79. The number of hydrogen-bond donors (Lipinski definition) is 5. The molecule has 1 amide bonds. The Morgan fingerprint density at radius 2 is 1.65 bits per heavy atom. The number of carbonyl (C=O) groups is 3. The van der Waals surface area contributed by atoms with Crippen molar-refractivity contribution in [2.24, 2.45) is 27.9 Å². The molecule has 2 rings (SSSR count). The number of hydrogen-bond acceptors (Lipinski definition) is 11. The molecule has 284 valence electrons. The fourth-order valence-corrected chi connectivity index (χ4v) is 3.05. The van der Waals surface area contributed by atoms with E-state index in [1.54, 1.807) is 27.1 Å². The molecule has 1 aliphatic rings. The van der Waals surface area contributed by atoms with Crippen LogP contribution in [0.1, 0.15) is 94.4 Å². The summed E-state index contributed by atoms with van der Waals surface area (Å²) in [5.41, 5.74) is 20.9. The summed E-state index contributed by atoms with van der Waals surface area (Å²) in [6.45, 7) is 21.4. The second-order valence-electron chi connectivity index (χ2n) is 10.4. The lowest BCUT2D eigenvalue weighted by Gasteiger charge is -2.13. The first-order chi connectivity index (χ1) is 22.7. The molecule has 0 aliphatic carbocycles. The van der Waals surface area contributed by atoms with Crippen LogP contribution in [0.2, 0.25) is 0 Å². The van der Waals surface area contributed by atoms with Crippen LogP contribution < -0.4 is 27.7 Å². The van der Waals surface area contributed by atoms with Crippen molar-refractivity contribution < 1.29 is 24.2 Å². The fraction of sp³-hybridized carbons (Fsp3) is 0.667. The largest absolute Gasteiger partial charge is 0.493 e. The monoisotopic (exact) mass is 686 g/mol. The Morgan fingerprint density at radius 3 is 1.92 bits per heavy atom. The number of aliphatic hydroxyl groups is 1. The van der Waals surface area contributed by atoms with Crippen LogP contribution in [0, 0.1) is 0 Å². The molecule has 12 heteroatoms. The maximum Gasteiger partial charge on any atom is 0.226 e. The summed E-state index contributed by atoms with van der Waals surface area (Å²) in [5, 5.41) is 8.83. The Hall–Kier alpha value is -3.00. The molecule has 1 saturated heterocycles. The summed E-state index contributed by atoms with van der Waals surface area (Å²) in [6.07, 6.45) is 8.92. The summed E-state index contributed by atoms with van der Waals surface area (Å²) >= 11 is 0. The molecule has 0 bridgehead atoms. The Bertz CT molecular complexity index is 827. The van der Waals surface area contributed by atoms with E-state index in [2.05, 4.69) is 36.5 Å². The van der Waals surface area contributed by atoms with Gasteiger partial charge in [0.2, 0.25) is 5.91 Å². The van der Waals surface area contributed by atoms with E-state index in [1.807, 2.05) is 77.8 Å². The standard InChI is InChI=1S/C12H15NO3.C6H15NO.C6H13N.C6H11N.C2H8N2.C2H6.CH5N.CH2O/c1-13(8-9-14)12(15)7-10-16-11-5-3-2-4-6-11;1-3-4-6(7)5(2)8;1-6-4-3-5-7(6)2;1-4-5-7-6(2)3;1-2(3)4;3*1-2/h2-6,9H,7-8,10H2,1H3;5-6,8H,3-4,7H2,1-2H3;6H,3-5H2,1-2H3;4-5H,1-3H3;2H,3-4H2,1H3;1-2H3;2H2,1H3;1H2/b;;;5-4-;;;;/t;;6-;;;;;/m..1...../s1. The fourth-order valence-electron chi connectivity index (χ4n) is 3.05. The summed E-state index contributed by atoms with van der Waals surface area (Å²) in [4.78, 5) is 37.4. The number of amides is 1. The molecule has 0 saturated carbocycles. The lowest BCUT2D eigenvalue weighted by Crippen LogP contribution is -2.31. The molecule has 1 fully saturated rings. The third-order valence-corrected chi connectivity index (χ3v) is 5.71. The lowest BCUT2D eigenvalue weighted by atomic mass is 10.1. The number of likely N-dealkylation sites (tertiary alicyclic amines) is 1. The number of aliphatic hydroxyl groups excluding tert-OH is 1. The molecule has 3 atom stereocenters. The molecular weight excluding hydrogens is 610 g/mol. The van der Waals surface area contributed by atoms with Gasteiger partial charge in [0.15, 0.2) is 0 Å². The SMILES string of the molecule is C/C=C\N=C(C)C.C=O.CC.CC(N)N.CCCC(N)C(C)O.CN.CN(CC=O)C(=O)CCOc1ccccc1.C[C@@H]1CCCN1C. The van der Waals surface area contributed by atoms with Crippen molar-refractivity contribution in [3.8, 4) is 5.75 Å². The predicted octanol–water partition coefficient (Wildman–Crippen LogP) is 4.37. The van der Waals surface area contributed by atoms with Gasteiger partial charge in [0.25, 0.3) is 0 Å². The van der Waals surface area contributed by atoms with Crippen LogP contribution in [-0.4, -0.2) is 105 Å². The highest BCUT2D eigenvalue weighted by Crippen LogP contribution is 2.12. The van der Waals surface area contributed by atoms with E-state index in [-0.39, 0.29) is 37.2 Å². The van der Waals surface area contributed by atoms with Gasteiger partial charge in [0.05, 0.1) is 25.7 Å². The van der Waals surface area contributed by atoms with Crippen molar-refractivity contribution in [1.82, 2.24) is 9.80 Å². The number of para-hydroxylation sites is 1. The second-order valence-corrected chi connectivity index (χ2v) is 10.4. The van der Waals surface area contributed by atoms with Crippen LogP contribution in [-0.2, 0) is 14.4 Å². The number of aldehydes is 1. The van der Waals surface area contributed by atoms with Crippen molar-refractivity contribution in [3.05, 3.63) is 42.6 Å². The number of allylic oxidation sites excluding steroid dienone is 1. The predicted molar refractivity (Wildman–Crippen MR) is 206 cm³/mol. The van der Waals surface area contributed by atoms with Gasteiger partial charge >= 0.3 is 0 Å². The van der Waals surface area contributed by atoms with Crippen LogP contribution >= 0.6 is 0 Å². The molecule has 1 aliphatic heterocycles. The quantitative estimate of drug-likeness (QED) is 0.134. The second kappa shape index (κ2) is 46.1. The molecule has 0 aromatic heterocycles.